The molecule has 0 heterocycles. The third-order valence-corrected chi connectivity index (χ3v) is 6.44. The molecule has 0 bridgehead atoms. The normalized spacial score (nSPS) is 11.6. The van der Waals surface area contributed by atoms with E-state index in [1.807, 2.05) is 74.5 Å². The summed E-state index contributed by atoms with van der Waals surface area (Å²) in [5, 5.41) is 5.01. The van der Waals surface area contributed by atoms with Gasteiger partial charge < -0.3 is 19.7 Å². The van der Waals surface area contributed by atoms with Gasteiger partial charge >= 0.3 is 0 Å². The third kappa shape index (κ3) is 6.29. The first-order valence-corrected chi connectivity index (χ1v) is 12.3. The maximum atomic E-state index is 13.4. The number of nitrogens with zero attached hydrogens (tertiary/aromatic N) is 1. The number of methoxy groups -OCH3 is 1. The molecule has 3 aromatic rings. The van der Waals surface area contributed by atoms with Gasteiger partial charge in [0.15, 0.2) is 6.61 Å². The Hall–Kier alpha value is -3.06. The van der Waals surface area contributed by atoms with E-state index in [1.165, 1.54) is 0 Å². The second-order valence-electron chi connectivity index (χ2n) is 7.97. The van der Waals surface area contributed by atoms with Crippen LogP contribution in [-0.2, 0) is 16.1 Å². The zero-order valence-electron chi connectivity index (χ0n) is 19.8. The van der Waals surface area contributed by atoms with Crippen molar-refractivity contribution in [2.75, 3.05) is 20.3 Å². The lowest BCUT2D eigenvalue weighted by atomic mass is 10.1. The number of hydrogen-bond acceptors (Lipinski definition) is 4. The summed E-state index contributed by atoms with van der Waals surface area (Å²) in [6.45, 7) is 4.59. The number of nitrogens with one attached hydrogen (secondary N) is 1. The molecular weight excluding hydrogens is 496 g/mol. The number of carbonyl (C=O) groups excluding carboxylic acids is 2. The molecule has 180 valence electrons. The largest absolute Gasteiger partial charge is 0.497 e. The molecule has 0 aliphatic heterocycles. The van der Waals surface area contributed by atoms with Crippen LogP contribution in [-0.4, -0.2) is 43.0 Å². The predicted octanol–water partition coefficient (Wildman–Crippen LogP) is 5.32. The molecule has 3 aromatic carbocycles. The van der Waals surface area contributed by atoms with Crippen LogP contribution in [0.4, 0.5) is 0 Å². The second-order valence-corrected chi connectivity index (χ2v) is 8.77. The molecule has 0 unspecified atom stereocenters. The number of amides is 2. The minimum Gasteiger partial charge on any atom is -0.497 e. The zero-order valence-corrected chi connectivity index (χ0v) is 21.4. The molecule has 1 atom stereocenters. The fourth-order valence-electron chi connectivity index (χ4n) is 3.76. The van der Waals surface area contributed by atoms with Crippen molar-refractivity contribution in [2.24, 2.45) is 0 Å². The maximum absolute atomic E-state index is 13.4. The summed E-state index contributed by atoms with van der Waals surface area (Å²) < 4.78 is 12.0. The Morgan fingerprint density at radius 3 is 2.44 bits per heavy atom. The molecule has 34 heavy (non-hydrogen) atoms. The van der Waals surface area contributed by atoms with Crippen molar-refractivity contribution >= 4 is 38.5 Å². The molecule has 1 N–H and O–H groups in total. The van der Waals surface area contributed by atoms with Crippen molar-refractivity contribution in [1.29, 1.82) is 0 Å². The number of ether oxygens (including phenoxy) is 2. The summed E-state index contributed by atoms with van der Waals surface area (Å²) in [6, 6.07) is 18.7. The maximum Gasteiger partial charge on any atom is 0.261 e. The van der Waals surface area contributed by atoms with Crippen LogP contribution >= 0.6 is 15.9 Å². The standard InChI is InChI=1S/C27H31BrN2O4/c1-4-16-29-27(32)23(5-2)30(17-19-10-13-21(33-3)14-11-19)25(31)18-34-24-15-12-20-8-6-7-9-22(20)26(24)28/h6-15,23H,4-5,16-18H2,1-3H3,(H,29,32)/t23-/m1/s1. The van der Waals surface area contributed by atoms with Crippen LogP contribution in [0.3, 0.4) is 0 Å². The van der Waals surface area contributed by atoms with Crippen molar-refractivity contribution in [1.82, 2.24) is 10.2 Å². The molecule has 0 saturated heterocycles. The summed E-state index contributed by atoms with van der Waals surface area (Å²) in [7, 11) is 1.61. The van der Waals surface area contributed by atoms with E-state index in [-0.39, 0.29) is 18.4 Å². The highest BCUT2D eigenvalue weighted by atomic mass is 79.9. The van der Waals surface area contributed by atoms with E-state index in [2.05, 4.69) is 21.2 Å². The van der Waals surface area contributed by atoms with E-state index < -0.39 is 6.04 Å². The van der Waals surface area contributed by atoms with E-state index in [4.69, 9.17) is 9.47 Å². The lowest BCUT2D eigenvalue weighted by Gasteiger charge is -2.30. The van der Waals surface area contributed by atoms with E-state index in [0.717, 1.165) is 33.0 Å². The molecule has 0 aromatic heterocycles. The van der Waals surface area contributed by atoms with Gasteiger partial charge in [0.25, 0.3) is 5.91 Å². The van der Waals surface area contributed by atoms with E-state index in [0.29, 0.717) is 25.3 Å². The first-order valence-electron chi connectivity index (χ1n) is 11.5. The van der Waals surface area contributed by atoms with Crippen molar-refractivity contribution in [3.8, 4) is 11.5 Å². The fourth-order valence-corrected chi connectivity index (χ4v) is 4.37. The van der Waals surface area contributed by atoms with Crippen molar-refractivity contribution in [3.05, 3.63) is 70.7 Å². The minimum atomic E-state index is -0.593. The quantitative estimate of drug-likeness (QED) is 0.367. The van der Waals surface area contributed by atoms with Gasteiger partial charge in [0, 0.05) is 13.1 Å². The number of hydrogen-bond donors (Lipinski definition) is 1. The Kier molecular flexibility index (Phi) is 9.33. The Morgan fingerprint density at radius 2 is 1.76 bits per heavy atom. The van der Waals surface area contributed by atoms with Gasteiger partial charge in [0.2, 0.25) is 5.91 Å². The molecule has 2 amide bonds. The van der Waals surface area contributed by atoms with Crippen molar-refractivity contribution in [2.45, 2.75) is 39.3 Å². The first kappa shape index (κ1) is 25.6. The average molecular weight is 527 g/mol. The molecule has 0 radical (unpaired) electrons. The molecule has 3 rings (SSSR count). The van der Waals surface area contributed by atoms with Crippen LogP contribution in [0, 0.1) is 0 Å². The molecular formula is C27H31BrN2O4. The number of halogens is 1. The van der Waals surface area contributed by atoms with Gasteiger partial charge in [-0.25, -0.2) is 0 Å². The van der Waals surface area contributed by atoms with E-state index >= 15 is 0 Å². The zero-order chi connectivity index (χ0) is 24.5. The predicted molar refractivity (Wildman–Crippen MR) is 138 cm³/mol. The lowest BCUT2D eigenvalue weighted by molar-refractivity contribution is -0.143. The highest BCUT2D eigenvalue weighted by Crippen LogP contribution is 2.33. The number of carbonyl (C=O) groups is 2. The van der Waals surface area contributed by atoms with E-state index in [1.54, 1.807) is 12.0 Å². The average Bonchev–Trinajstić information content (AvgIpc) is 2.87. The van der Waals surface area contributed by atoms with Gasteiger partial charge in [0.05, 0.1) is 11.6 Å². The Balaban J connectivity index is 1.81. The Labute approximate surface area is 209 Å². The van der Waals surface area contributed by atoms with Crippen molar-refractivity contribution in [3.63, 3.8) is 0 Å². The van der Waals surface area contributed by atoms with Crippen molar-refractivity contribution < 1.29 is 19.1 Å². The SMILES string of the molecule is CCCNC(=O)[C@@H](CC)N(Cc1ccc(OC)cc1)C(=O)COc1ccc2ccccc2c1Br. The van der Waals surface area contributed by atoms with Gasteiger partial charge in [-0.05, 0) is 63.3 Å². The number of fused-ring (bicyclic) bond motifs is 1. The van der Waals surface area contributed by atoms with Crippen LogP contribution in [0.5, 0.6) is 11.5 Å². The van der Waals surface area contributed by atoms with Crippen LogP contribution in [0.2, 0.25) is 0 Å². The monoisotopic (exact) mass is 526 g/mol. The van der Waals surface area contributed by atoms with Gasteiger partial charge in [-0.1, -0.05) is 56.3 Å². The summed E-state index contributed by atoms with van der Waals surface area (Å²) in [5.74, 6) is 0.909. The topological polar surface area (TPSA) is 67.9 Å². The Morgan fingerprint density at radius 1 is 1.03 bits per heavy atom. The third-order valence-electron chi connectivity index (χ3n) is 5.63. The molecule has 0 fully saturated rings. The highest BCUT2D eigenvalue weighted by Gasteiger charge is 2.29. The minimum absolute atomic E-state index is 0.155. The smallest absolute Gasteiger partial charge is 0.261 e. The number of benzene rings is 3. The summed E-state index contributed by atoms with van der Waals surface area (Å²) >= 11 is 3.60. The number of rotatable bonds is 11. The van der Waals surface area contributed by atoms with Crippen LogP contribution in [0.15, 0.2) is 65.1 Å². The van der Waals surface area contributed by atoms with Gasteiger partial charge in [-0.15, -0.1) is 0 Å². The molecule has 0 spiro atoms. The van der Waals surface area contributed by atoms with Crippen LogP contribution < -0.4 is 14.8 Å². The van der Waals surface area contributed by atoms with Gasteiger partial charge in [-0.3, -0.25) is 9.59 Å². The molecule has 7 heteroatoms. The lowest BCUT2D eigenvalue weighted by Crippen LogP contribution is -2.50. The van der Waals surface area contributed by atoms with Gasteiger partial charge in [0.1, 0.15) is 17.5 Å². The molecule has 0 aliphatic carbocycles. The van der Waals surface area contributed by atoms with Crippen LogP contribution in [0.1, 0.15) is 32.3 Å². The molecule has 6 nitrogen and oxygen atoms in total. The summed E-state index contributed by atoms with van der Waals surface area (Å²) in [4.78, 5) is 27.8. The Bertz CT molecular complexity index is 1120. The second kappa shape index (κ2) is 12.4. The molecule has 0 saturated carbocycles. The summed E-state index contributed by atoms with van der Waals surface area (Å²) in [6.07, 6.45) is 1.32. The summed E-state index contributed by atoms with van der Waals surface area (Å²) in [5.41, 5.74) is 0.905. The van der Waals surface area contributed by atoms with Crippen LogP contribution in [0.25, 0.3) is 10.8 Å². The first-order chi connectivity index (χ1) is 16.5. The van der Waals surface area contributed by atoms with E-state index in [9.17, 15) is 9.59 Å². The van der Waals surface area contributed by atoms with Gasteiger partial charge in [-0.2, -0.15) is 0 Å². The molecule has 0 aliphatic rings. The highest BCUT2D eigenvalue weighted by molar-refractivity contribution is 9.10. The fraction of sp³-hybridized carbons (Fsp3) is 0.333.